The minimum atomic E-state index is 0.506. The molecule has 0 unspecified atom stereocenters. The molecule has 21 heavy (non-hydrogen) atoms. The third-order valence-electron chi connectivity index (χ3n) is 4.77. The molecule has 0 atom stereocenters. The van der Waals surface area contributed by atoms with Crippen molar-refractivity contribution in [3.63, 3.8) is 0 Å². The van der Waals surface area contributed by atoms with E-state index in [1.54, 1.807) is 0 Å². The number of hydrogen-bond donors (Lipinski definition) is 0. The van der Waals surface area contributed by atoms with Crippen LogP contribution in [-0.4, -0.2) is 30.7 Å². The highest BCUT2D eigenvalue weighted by molar-refractivity contribution is 4.61. The number of rotatable bonds is 13. The van der Waals surface area contributed by atoms with Crippen molar-refractivity contribution in [2.24, 2.45) is 5.41 Å². The molecule has 0 saturated heterocycles. The summed E-state index contributed by atoms with van der Waals surface area (Å²) in [5, 5.41) is 0. The van der Waals surface area contributed by atoms with Crippen LogP contribution in [0, 0.1) is 5.41 Å². The Morgan fingerprint density at radius 2 is 0.952 bits per heavy atom. The molecule has 0 spiro atoms. The summed E-state index contributed by atoms with van der Waals surface area (Å²) in [4.78, 5) is 0. The van der Waals surface area contributed by atoms with Crippen molar-refractivity contribution in [1.82, 2.24) is 0 Å². The van der Waals surface area contributed by atoms with Crippen molar-refractivity contribution in [3.05, 3.63) is 0 Å². The SMILES string of the molecule is CCCC[N+](CCCC)(CCCC)CCCCC(C)(C)C. The van der Waals surface area contributed by atoms with Crippen molar-refractivity contribution >= 4 is 0 Å². The van der Waals surface area contributed by atoms with Crippen LogP contribution < -0.4 is 0 Å². The maximum absolute atomic E-state index is 2.38. The van der Waals surface area contributed by atoms with E-state index in [1.165, 1.54) is 88.4 Å². The largest absolute Gasteiger partial charge is 0.324 e. The van der Waals surface area contributed by atoms with Gasteiger partial charge in [-0.2, -0.15) is 0 Å². The maximum Gasteiger partial charge on any atom is 0.0786 e. The molecule has 0 saturated carbocycles. The van der Waals surface area contributed by atoms with Gasteiger partial charge in [0.1, 0.15) is 0 Å². The van der Waals surface area contributed by atoms with Gasteiger partial charge in [0, 0.05) is 0 Å². The minimum absolute atomic E-state index is 0.506. The van der Waals surface area contributed by atoms with Gasteiger partial charge in [0.05, 0.1) is 26.2 Å². The van der Waals surface area contributed by atoms with Crippen LogP contribution in [0.25, 0.3) is 0 Å². The average molecular weight is 299 g/mol. The molecule has 0 aliphatic carbocycles. The Morgan fingerprint density at radius 1 is 0.571 bits per heavy atom. The van der Waals surface area contributed by atoms with Crippen LogP contribution in [0.3, 0.4) is 0 Å². The fourth-order valence-electron chi connectivity index (χ4n) is 3.25. The molecule has 0 heterocycles. The van der Waals surface area contributed by atoms with Gasteiger partial charge in [0.2, 0.25) is 0 Å². The van der Waals surface area contributed by atoms with Crippen molar-refractivity contribution in [1.29, 1.82) is 0 Å². The molecule has 0 amide bonds. The molecule has 0 rings (SSSR count). The fraction of sp³-hybridized carbons (Fsp3) is 1.00. The molecule has 0 aliphatic rings. The Kier molecular flexibility index (Phi) is 11.5. The summed E-state index contributed by atoms with van der Waals surface area (Å²) in [5.41, 5.74) is 0.506. The second-order valence-corrected chi connectivity index (χ2v) is 8.31. The lowest BCUT2D eigenvalue weighted by molar-refractivity contribution is -0.929. The molecular weight excluding hydrogens is 254 g/mol. The van der Waals surface area contributed by atoms with E-state index < -0.39 is 0 Å². The van der Waals surface area contributed by atoms with Gasteiger partial charge in [-0.3, -0.25) is 0 Å². The molecule has 0 aromatic heterocycles. The van der Waals surface area contributed by atoms with E-state index in [1.807, 2.05) is 0 Å². The first-order valence-corrected chi connectivity index (χ1v) is 9.74. The van der Waals surface area contributed by atoms with Crippen LogP contribution in [0.5, 0.6) is 0 Å². The van der Waals surface area contributed by atoms with Crippen LogP contribution >= 0.6 is 0 Å². The molecule has 0 aliphatic heterocycles. The van der Waals surface area contributed by atoms with E-state index in [9.17, 15) is 0 Å². The average Bonchev–Trinajstić information content (AvgIpc) is 2.43. The first-order valence-electron chi connectivity index (χ1n) is 9.74. The van der Waals surface area contributed by atoms with Crippen molar-refractivity contribution < 1.29 is 4.48 Å². The molecule has 0 bridgehead atoms. The van der Waals surface area contributed by atoms with E-state index in [-0.39, 0.29) is 0 Å². The maximum atomic E-state index is 2.38. The fourth-order valence-corrected chi connectivity index (χ4v) is 3.25. The second kappa shape index (κ2) is 11.5. The second-order valence-electron chi connectivity index (χ2n) is 8.31. The van der Waals surface area contributed by atoms with E-state index in [0.717, 1.165) is 0 Å². The van der Waals surface area contributed by atoms with E-state index in [0.29, 0.717) is 5.41 Å². The van der Waals surface area contributed by atoms with Gasteiger partial charge >= 0.3 is 0 Å². The van der Waals surface area contributed by atoms with Gasteiger partial charge < -0.3 is 4.48 Å². The molecule has 0 N–H and O–H groups in total. The molecule has 0 aromatic carbocycles. The monoisotopic (exact) mass is 298 g/mol. The summed E-state index contributed by atoms with van der Waals surface area (Å²) in [6.45, 7) is 19.8. The highest BCUT2D eigenvalue weighted by atomic mass is 15.3. The zero-order valence-corrected chi connectivity index (χ0v) is 16.1. The summed E-state index contributed by atoms with van der Waals surface area (Å²) < 4.78 is 1.42. The lowest BCUT2D eigenvalue weighted by Gasteiger charge is -2.39. The molecule has 1 heteroatoms. The predicted molar refractivity (Wildman–Crippen MR) is 97.8 cm³/mol. The summed E-state index contributed by atoms with van der Waals surface area (Å²) >= 11 is 0. The Labute approximate surface area is 136 Å². The third kappa shape index (κ3) is 11.2. The van der Waals surface area contributed by atoms with Crippen molar-refractivity contribution in [3.8, 4) is 0 Å². The summed E-state index contributed by atoms with van der Waals surface area (Å²) in [5.74, 6) is 0. The Morgan fingerprint density at radius 3 is 1.29 bits per heavy atom. The lowest BCUT2D eigenvalue weighted by atomic mass is 9.90. The first-order chi connectivity index (χ1) is 9.89. The Hall–Kier alpha value is -0.0400. The number of nitrogens with zero attached hydrogens (tertiary/aromatic N) is 1. The quantitative estimate of drug-likeness (QED) is 0.272. The van der Waals surface area contributed by atoms with E-state index in [2.05, 4.69) is 41.5 Å². The van der Waals surface area contributed by atoms with Crippen LogP contribution in [0.4, 0.5) is 0 Å². The minimum Gasteiger partial charge on any atom is -0.324 e. The number of unbranched alkanes of at least 4 members (excludes halogenated alkanes) is 4. The Bertz CT molecular complexity index is 205. The van der Waals surface area contributed by atoms with Gasteiger partial charge in [-0.15, -0.1) is 0 Å². The van der Waals surface area contributed by atoms with Crippen molar-refractivity contribution in [2.45, 2.75) is 99.3 Å². The first kappa shape index (κ1) is 21.0. The normalized spacial score (nSPS) is 12.9. The topological polar surface area (TPSA) is 0 Å². The lowest BCUT2D eigenvalue weighted by Crippen LogP contribution is -2.50. The third-order valence-corrected chi connectivity index (χ3v) is 4.77. The van der Waals surface area contributed by atoms with E-state index >= 15 is 0 Å². The Balaban J connectivity index is 4.48. The zero-order chi connectivity index (χ0) is 16.2. The number of quaternary nitrogens is 1. The van der Waals surface area contributed by atoms with Gasteiger partial charge in [-0.05, 0) is 43.9 Å². The molecular formula is C20H44N+. The summed E-state index contributed by atoms with van der Waals surface area (Å²) in [6.07, 6.45) is 12.5. The molecule has 0 radical (unpaired) electrons. The summed E-state index contributed by atoms with van der Waals surface area (Å²) in [6, 6.07) is 0. The molecule has 0 aromatic rings. The van der Waals surface area contributed by atoms with Crippen LogP contribution in [0.1, 0.15) is 99.3 Å². The standard InChI is InChI=1S/C20H44N/c1-7-10-16-21(17-11-8-2,18-12-9-3)19-14-13-15-20(4,5)6/h7-19H2,1-6H3/q+1. The van der Waals surface area contributed by atoms with Gasteiger partial charge in [-0.1, -0.05) is 60.8 Å². The van der Waals surface area contributed by atoms with E-state index in [4.69, 9.17) is 0 Å². The van der Waals surface area contributed by atoms with Crippen LogP contribution in [0.15, 0.2) is 0 Å². The molecule has 0 fully saturated rings. The zero-order valence-electron chi connectivity index (χ0n) is 16.1. The number of hydrogen-bond acceptors (Lipinski definition) is 0. The smallest absolute Gasteiger partial charge is 0.0786 e. The van der Waals surface area contributed by atoms with Gasteiger partial charge in [0.25, 0.3) is 0 Å². The van der Waals surface area contributed by atoms with Crippen LogP contribution in [-0.2, 0) is 0 Å². The summed E-state index contributed by atoms with van der Waals surface area (Å²) in [7, 11) is 0. The highest BCUT2D eigenvalue weighted by Gasteiger charge is 2.25. The van der Waals surface area contributed by atoms with Crippen LogP contribution in [0.2, 0.25) is 0 Å². The van der Waals surface area contributed by atoms with Crippen molar-refractivity contribution in [2.75, 3.05) is 26.2 Å². The predicted octanol–water partition coefficient (Wildman–Crippen LogP) is 6.42. The molecule has 128 valence electrons. The van der Waals surface area contributed by atoms with Gasteiger partial charge in [-0.25, -0.2) is 0 Å². The van der Waals surface area contributed by atoms with Gasteiger partial charge in [0.15, 0.2) is 0 Å². The highest BCUT2D eigenvalue weighted by Crippen LogP contribution is 2.23. The molecule has 1 nitrogen and oxygen atoms in total.